The second-order valence-electron chi connectivity index (χ2n) is 5.86. The highest BCUT2D eigenvalue weighted by atomic mass is 16.5. The Morgan fingerprint density at radius 1 is 1.32 bits per heavy atom. The molecule has 0 radical (unpaired) electrons. The van der Waals surface area contributed by atoms with Crippen molar-refractivity contribution in [3.05, 3.63) is 0 Å². The van der Waals surface area contributed by atoms with Crippen molar-refractivity contribution in [2.75, 3.05) is 26.7 Å². The summed E-state index contributed by atoms with van der Waals surface area (Å²) in [5.74, 6) is -0.0732. The monoisotopic (exact) mass is 270 g/mol. The SMILES string of the molecule is CCC(C)(C)NC(=O)CN1CCC(C(=O)OC)CC1. The number of rotatable bonds is 5. The normalized spacial score (nSPS) is 18.1. The Morgan fingerprint density at radius 2 is 1.89 bits per heavy atom. The molecule has 5 nitrogen and oxygen atoms in total. The third-order valence-electron chi connectivity index (χ3n) is 3.85. The number of likely N-dealkylation sites (tertiary alicyclic amines) is 1. The molecule has 0 atom stereocenters. The fourth-order valence-corrected chi connectivity index (χ4v) is 2.20. The maximum Gasteiger partial charge on any atom is 0.308 e. The fraction of sp³-hybridized carbons (Fsp3) is 0.857. The van der Waals surface area contributed by atoms with Gasteiger partial charge < -0.3 is 10.1 Å². The molecular formula is C14H26N2O3. The van der Waals surface area contributed by atoms with Gasteiger partial charge in [0.1, 0.15) is 0 Å². The second-order valence-corrected chi connectivity index (χ2v) is 5.86. The van der Waals surface area contributed by atoms with Crippen LogP contribution in [0.1, 0.15) is 40.0 Å². The average Bonchev–Trinajstić information content (AvgIpc) is 2.38. The van der Waals surface area contributed by atoms with Crippen LogP contribution in [0.25, 0.3) is 0 Å². The molecule has 110 valence electrons. The van der Waals surface area contributed by atoms with Crippen LogP contribution in [-0.2, 0) is 14.3 Å². The highest BCUT2D eigenvalue weighted by Gasteiger charge is 2.27. The van der Waals surface area contributed by atoms with Crippen molar-refractivity contribution in [3.8, 4) is 0 Å². The molecule has 19 heavy (non-hydrogen) atoms. The molecular weight excluding hydrogens is 244 g/mol. The average molecular weight is 270 g/mol. The molecule has 1 saturated heterocycles. The molecule has 5 heteroatoms. The van der Waals surface area contributed by atoms with Gasteiger partial charge in [-0.05, 0) is 46.2 Å². The fourth-order valence-electron chi connectivity index (χ4n) is 2.20. The van der Waals surface area contributed by atoms with Crippen molar-refractivity contribution >= 4 is 11.9 Å². The molecule has 1 amide bonds. The van der Waals surface area contributed by atoms with Gasteiger partial charge in [0.2, 0.25) is 5.91 Å². The number of methoxy groups -OCH3 is 1. The first-order chi connectivity index (χ1) is 8.88. The van der Waals surface area contributed by atoms with Crippen LogP contribution in [0.3, 0.4) is 0 Å². The first-order valence-electron chi connectivity index (χ1n) is 6.99. The van der Waals surface area contributed by atoms with E-state index in [2.05, 4.69) is 17.1 Å². The van der Waals surface area contributed by atoms with Crippen molar-refractivity contribution in [2.45, 2.75) is 45.6 Å². The lowest BCUT2D eigenvalue weighted by Crippen LogP contribution is -2.49. The quantitative estimate of drug-likeness (QED) is 0.762. The predicted octanol–water partition coefficient (Wildman–Crippen LogP) is 1.18. The van der Waals surface area contributed by atoms with Crippen LogP contribution in [0.5, 0.6) is 0 Å². The Morgan fingerprint density at radius 3 is 2.37 bits per heavy atom. The van der Waals surface area contributed by atoms with E-state index in [-0.39, 0.29) is 23.3 Å². The molecule has 1 rings (SSSR count). The summed E-state index contributed by atoms with van der Waals surface area (Å²) in [4.78, 5) is 25.4. The smallest absolute Gasteiger partial charge is 0.308 e. The van der Waals surface area contributed by atoms with E-state index in [4.69, 9.17) is 4.74 Å². The van der Waals surface area contributed by atoms with Crippen LogP contribution in [0.15, 0.2) is 0 Å². The van der Waals surface area contributed by atoms with Crippen LogP contribution in [0.4, 0.5) is 0 Å². The van der Waals surface area contributed by atoms with Gasteiger partial charge in [0, 0.05) is 5.54 Å². The number of amides is 1. The van der Waals surface area contributed by atoms with E-state index >= 15 is 0 Å². The van der Waals surface area contributed by atoms with Gasteiger partial charge in [0.05, 0.1) is 19.6 Å². The Hall–Kier alpha value is -1.10. The maximum absolute atomic E-state index is 11.9. The van der Waals surface area contributed by atoms with E-state index in [1.165, 1.54) is 7.11 Å². The summed E-state index contributed by atoms with van der Waals surface area (Å²) < 4.78 is 4.75. The Kier molecular flexibility index (Phi) is 5.79. The minimum atomic E-state index is -0.151. The number of esters is 1. The van der Waals surface area contributed by atoms with Crippen LogP contribution in [0.2, 0.25) is 0 Å². The molecule has 0 aliphatic carbocycles. The Labute approximate surface area is 115 Å². The molecule has 0 unspecified atom stereocenters. The van der Waals surface area contributed by atoms with Gasteiger partial charge in [0.15, 0.2) is 0 Å². The van der Waals surface area contributed by atoms with Gasteiger partial charge in [-0.25, -0.2) is 0 Å². The van der Waals surface area contributed by atoms with E-state index in [0.29, 0.717) is 6.54 Å². The number of hydrogen-bond donors (Lipinski definition) is 1. The van der Waals surface area contributed by atoms with Crippen LogP contribution in [0, 0.1) is 5.92 Å². The Balaban J connectivity index is 2.33. The summed E-state index contributed by atoms with van der Waals surface area (Å²) in [6.45, 7) is 8.07. The van der Waals surface area contributed by atoms with Crippen molar-refractivity contribution < 1.29 is 14.3 Å². The van der Waals surface area contributed by atoms with E-state index in [1.807, 2.05) is 13.8 Å². The first-order valence-corrected chi connectivity index (χ1v) is 6.99. The van der Waals surface area contributed by atoms with Crippen LogP contribution < -0.4 is 5.32 Å². The van der Waals surface area contributed by atoms with Crippen molar-refractivity contribution in [1.82, 2.24) is 10.2 Å². The zero-order chi connectivity index (χ0) is 14.5. The lowest BCUT2D eigenvalue weighted by molar-refractivity contribution is -0.147. The number of carbonyl (C=O) groups is 2. The number of piperidine rings is 1. The number of nitrogens with zero attached hydrogens (tertiary/aromatic N) is 1. The molecule has 1 aliphatic rings. The van der Waals surface area contributed by atoms with Crippen molar-refractivity contribution in [2.24, 2.45) is 5.92 Å². The van der Waals surface area contributed by atoms with Crippen LogP contribution in [-0.4, -0.2) is 49.1 Å². The molecule has 0 saturated carbocycles. The van der Waals surface area contributed by atoms with E-state index < -0.39 is 0 Å². The zero-order valence-corrected chi connectivity index (χ0v) is 12.5. The maximum atomic E-state index is 11.9. The number of ether oxygens (including phenoxy) is 1. The molecule has 1 heterocycles. The Bertz CT molecular complexity index is 321. The van der Waals surface area contributed by atoms with Gasteiger partial charge in [-0.2, -0.15) is 0 Å². The first kappa shape index (κ1) is 16.0. The largest absolute Gasteiger partial charge is 0.469 e. The van der Waals surface area contributed by atoms with E-state index in [9.17, 15) is 9.59 Å². The molecule has 1 fully saturated rings. The molecule has 0 spiro atoms. The highest BCUT2D eigenvalue weighted by molar-refractivity contribution is 5.78. The number of hydrogen-bond acceptors (Lipinski definition) is 4. The van der Waals surface area contributed by atoms with Gasteiger partial charge in [-0.1, -0.05) is 6.92 Å². The van der Waals surface area contributed by atoms with Gasteiger partial charge in [-0.3, -0.25) is 14.5 Å². The molecule has 1 aliphatic heterocycles. The minimum Gasteiger partial charge on any atom is -0.469 e. The van der Waals surface area contributed by atoms with E-state index in [0.717, 1.165) is 32.4 Å². The number of nitrogens with one attached hydrogen (secondary N) is 1. The summed E-state index contributed by atoms with van der Waals surface area (Å²) in [6.07, 6.45) is 2.46. The second kappa shape index (κ2) is 6.89. The predicted molar refractivity (Wildman–Crippen MR) is 73.7 cm³/mol. The van der Waals surface area contributed by atoms with Gasteiger partial charge in [0.25, 0.3) is 0 Å². The summed E-state index contributed by atoms with van der Waals surface area (Å²) in [5, 5.41) is 3.03. The molecule has 0 aromatic rings. The summed E-state index contributed by atoms with van der Waals surface area (Å²) in [5.41, 5.74) is -0.151. The zero-order valence-electron chi connectivity index (χ0n) is 12.5. The molecule has 0 aromatic heterocycles. The molecule has 1 N–H and O–H groups in total. The van der Waals surface area contributed by atoms with Gasteiger partial charge in [-0.15, -0.1) is 0 Å². The third kappa shape index (κ3) is 5.19. The highest BCUT2D eigenvalue weighted by Crippen LogP contribution is 2.18. The van der Waals surface area contributed by atoms with Gasteiger partial charge >= 0.3 is 5.97 Å². The standard InChI is InChI=1S/C14H26N2O3/c1-5-14(2,3)15-12(17)10-16-8-6-11(7-9-16)13(18)19-4/h11H,5-10H2,1-4H3,(H,15,17). The van der Waals surface area contributed by atoms with E-state index in [1.54, 1.807) is 0 Å². The van der Waals surface area contributed by atoms with Crippen molar-refractivity contribution in [1.29, 1.82) is 0 Å². The molecule has 0 bridgehead atoms. The minimum absolute atomic E-state index is 0.00334. The summed E-state index contributed by atoms with van der Waals surface area (Å²) in [6, 6.07) is 0. The topological polar surface area (TPSA) is 58.6 Å². The van der Waals surface area contributed by atoms with Crippen LogP contribution >= 0.6 is 0 Å². The summed E-state index contributed by atoms with van der Waals surface area (Å²) in [7, 11) is 1.43. The number of carbonyl (C=O) groups excluding carboxylic acids is 2. The third-order valence-corrected chi connectivity index (χ3v) is 3.85. The lowest BCUT2D eigenvalue weighted by atomic mass is 9.97. The van der Waals surface area contributed by atoms with Crippen molar-refractivity contribution in [3.63, 3.8) is 0 Å². The lowest BCUT2D eigenvalue weighted by Gasteiger charge is -2.31. The molecule has 0 aromatic carbocycles. The summed E-state index contributed by atoms with van der Waals surface area (Å²) >= 11 is 0.